The zero-order valence-electron chi connectivity index (χ0n) is 10.1. The molecule has 0 bridgehead atoms. The van der Waals surface area contributed by atoms with Gasteiger partial charge >= 0.3 is 0 Å². The van der Waals surface area contributed by atoms with Crippen LogP contribution in [0.3, 0.4) is 0 Å². The molecule has 0 aliphatic carbocycles. The molecule has 0 aromatic carbocycles. The Morgan fingerprint density at radius 2 is 2.06 bits per heavy atom. The molecule has 1 rings (SSSR count). The van der Waals surface area contributed by atoms with Crippen molar-refractivity contribution in [3.05, 3.63) is 18.6 Å². The van der Waals surface area contributed by atoms with E-state index in [0.717, 1.165) is 0 Å². The smallest absolute Gasteiger partial charge is 0.242 e. The van der Waals surface area contributed by atoms with Gasteiger partial charge in [0.15, 0.2) is 0 Å². The van der Waals surface area contributed by atoms with E-state index in [1.807, 2.05) is 20.8 Å². The number of amides is 1. The topological polar surface area (TPSA) is 66.9 Å². The second kappa shape index (κ2) is 4.92. The largest absolute Gasteiger partial charge is 0.357 e. The molecule has 88 valence electrons. The van der Waals surface area contributed by atoms with E-state index in [1.54, 1.807) is 25.5 Å². The number of carbonyl (C=O) groups is 1. The maximum Gasteiger partial charge on any atom is 0.242 e. The molecule has 1 atom stereocenters. The van der Waals surface area contributed by atoms with E-state index in [4.69, 9.17) is 0 Å². The molecule has 5 heteroatoms. The number of hydrogen-bond acceptors (Lipinski definition) is 4. The Bertz CT molecular complexity index is 345. The van der Waals surface area contributed by atoms with Gasteiger partial charge in [0, 0.05) is 17.9 Å². The molecule has 1 aromatic heterocycles. The molecule has 1 unspecified atom stereocenters. The molecule has 0 fully saturated rings. The molecule has 2 N–H and O–H groups in total. The summed E-state index contributed by atoms with van der Waals surface area (Å²) in [6, 6.07) is -0.337. The summed E-state index contributed by atoms with van der Waals surface area (Å²) in [7, 11) is 0. The van der Waals surface area contributed by atoms with Gasteiger partial charge in [-0.05, 0) is 27.7 Å². The Hall–Kier alpha value is -1.65. The predicted octanol–water partition coefficient (Wildman–Crippen LogP) is 1.19. The van der Waals surface area contributed by atoms with Gasteiger partial charge in [-0.3, -0.25) is 9.78 Å². The summed E-state index contributed by atoms with van der Waals surface area (Å²) in [4.78, 5) is 19.7. The van der Waals surface area contributed by atoms with Crippen LogP contribution in [0.4, 0.5) is 5.82 Å². The summed E-state index contributed by atoms with van der Waals surface area (Å²) in [5.41, 5.74) is -0.227. The Morgan fingerprint density at radius 1 is 1.38 bits per heavy atom. The van der Waals surface area contributed by atoms with Gasteiger partial charge in [-0.15, -0.1) is 0 Å². The molecule has 5 nitrogen and oxygen atoms in total. The van der Waals surface area contributed by atoms with Crippen molar-refractivity contribution in [3.8, 4) is 0 Å². The Balaban J connectivity index is 2.53. The Labute approximate surface area is 95.7 Å². The van der Waals surface area contributed by atoms with Crippen molar-refractivity contribution in [3.63, 3.8) is 0 Å². The number of anilines is 1. The zero-order valence-corrected chi connectivity index (χ0v) is 10.1. The normalized spacial score (nSPS) is 13.0. The average molecular weight is 222 g/mol. The summed E-state index contributed by atoms with van der Waals surface area (Å²) in [5.74, 6) is 0.539. The SMILES string of the molecule is CC(Nc1cnccn1)C(=O)NC(C)(C)C. The van der Waals surface area contributed by atoms with Crippen molar-refractivity contribution in [2.75, 3.05) is 5.32 Å². The standard InChI is InChI=1S/C11H18N4O/c1-8(10(16)15-11(2,3)4)14-9-7-12-5-6-13-9/h5-8H,1-4H3,(H,13,14)(H,15,16). The minimum atomic E-state index is -0.337. The van der Waals surface area contributed by atoms with Crippen LogP contribution in [0.25, 0.3) is 0 Å². The highest BCUT2D eigenvalue weighted by atomic mass is 16.2. The zero-order chi connectivity index (χ0) is 12.2. The number of nitrogens with one attached hydrogen (secondary N) is 2. The van der Waals surface area contributed by atoms with Crippen LogP contribution < -0.4 is 10.6 Å². The number of nitrogens with zero attached hydrogens (tertiary/aromatic N) is 2. The van der Waals surface area contributed by atoms with Crippen LogP contribution in [0, 0.1) is 0 Å². The highest BCUT2D eigenvalue weighted by molar-refractivity contribution is 5.84. The van der Waals surface area contributed by atoms with Crippen LogP contribution in [0.5, 0.6) is 0 Å². The highest BCUT2D eigenvalue weighted by Crippen LogP contribution is 2.03. The van der Waals surface area contributed by atoms with Crippen molar-refractivity contribution in [2.45, 2.75) is 39.3 Å². The summed E-state index contributed by atoms with van der Waals surface area (Å²) in [5, 5.41) is 5.87. The first-order valence-electron chi connectivity index (χ1n) is 5.23. The third-order valence-electron chi connectivity index (χ3n) is 1.82. The molecule has 0 aliphatic rings. The van der Waals surface area contributed by atoms with Crippen LogP contribution in [0.15, 0.2) is 18.6 Å². The van der Waals surface area contributed by atoms with Gasteiger partial charge in [-0.1, -0.05) is 0 Å². The lowest BCUT2D eigenvalue weighted by atomic mass is 10.1. The first-order valence-corrected chi connectivity index (χ1v) is 5.23. The molecule has 0 aliphatic heterocycles. The van der Waals surface area contributed by atoms with Gasteiger partial charge in [0.1, 0.15) is 11.9 Å². The summed E-state index contributed by atoms with van der Waals surface area (Å²) in [6.45, 7) is 7.62. The molecule has 0 radical (unpaired) electrons. The second-order valence-electron chi connectivity index (χ2n) is 4.70. The molecular formula is C11H18N4O. The van der Waals surface area contributed by atoms with Gasteiger partial charge in [-0.25, -0.2) is 4.98 Å². The van der Waals surface area contributed by atoms with Gasteiger partial charge in [0.2, 0.25) is 5.91 Å². The maximum atomic E-state index is 11.7. The van der Waals surface area contributed by atoms with E-state index < -0.39 is 0 Å². The van der Waals surface area contributed by atoms with Crippen molar-refractivity contribution in [2.24, 2.45) is 0 Å². The lowest BCUT2D eigenvalue weighted by Gasteiger charge is -2.23. The van der Waals surface area contributed by atoms with E-state index >= 15 is 0 Å². The molecule has 1 aromatic rings. The lowest BCUT2D eigenvalue weighted by molar-refractivity contribution is -0.122. The second-order valence-corrected chi connectivity index (χ2v) is 4.70. The fourth-order valence-electron chi connectivity index (χ4n) is 1.14. The molecule has 0 saturated heterocycles. The summed E-state index contributed by atoms with van der Waals surface area (Å²) < 4.78 is 0. The van der Waals surface area contributed by atoms with Gasteiger partial charge in [0.05, 0.1) is 6.20 Å². The number of carbonyl (C=O) groups excluding carboxylic acids is 1. The highest BCUT2D eigenvalue weighted by Gasteiger charge is 2.19. The summed E-state index contributed by atoms with van der Waals surface area (Å²) in [6.07, 6.45) is 4.75. The molecule has 1 amide bonds. The average Bonchev–Trinajstić information content (AvgIpc) is 2.16. The van der Waals surface area contributed by atoms with Gasteiger partial charge in [0.25, 0.3) is 0 Å². The first-order chi connectivity index (χ1) is 7.38. The third-order valence-corrected chi connectivity index (χ3v) is 1.82. The van der Waals surface area contributed by atoms with E-state index in [1.165, 1.54) is 0 Å². The fraction of sp³-hybridized carbons (Fsp3) is 0.545. The van der Waals surface area contributed by atoms with Crippen molar-refractivity contribution in [1.82, 2.24) is 15.3 Å². The number of hydrogen-bond donors (Lipinski definition) is 2. The number of rotatable bonds is 3. The lowest BCUT2D eigenvalue weighted by Crippen LogP contribution is -2.47. The van der Waals surface area contributed by atoms with Crippen molar-refractivity contribution in [1.29, 1.82) is 0 Å². The summed E-state index contributed by atoms with van der Waals surface area (Å²) >= 11 is 0. The van der Waals surface area contributed by atoms with Crippen LogP contribution in [-0.4, -0.2) is 27.5 Å². The van der Waals surface area contributed by atoms with Gasteiger partial charge < -0.3 is 10.6 Å². The Kier molecular flexibility index (Phi) is 3.82. The van der Waals surface area contributed by atoms with E-state index in [-0.39, 0.29) is 17.5 Å². The fourth-order valence-corrected chi connectivity index (χ4v) is 1.14. The van der Waals surface area contributed by atoms with Gasteiger partial charge in [-0.2, -0.15) is 0 Å². The van der Waals surface area contributed by atoms with Crippen LogP contribution in [-0.2, 0) is 4.79 Å². The Morgan fingerprint density at radius 3 is 2.56 bits per heavy atom. The van der Waals surface area contributed by atoms with Crippen LogP contribution in [0.1, 0.15) is 27.7 Å². The van der Waals surface area contributed by atoms with Crippen molar-refractivity contribution < 1.29 is 4.79 Å². The minimum absolute atomic E-state index is 0.0573. The minimum Gasteiger partial charge on any atom is -0.357 e. The third kappa shape index (κ3) is 4.25. The van der Waals surface area contributed by atoms with E-state index in [0.29, 0.717) is 5.82 Å². The van der Waals surface area contributed by atoms with Crippen LogP contribution in [0.2, 0.25) is 0 Å². The first kappa shape index (κ1) is 12.4. The maximum absolute atomic E-state index is 11.7. The number of aromatic nitrogens is 2. The molecule has 0 spiro atoms. The predicted molar refractivity (Wildman–Crippen MR) is 63.0 cm³/mol. The van der Waals surface area contributed by atoms with E-state index in [2.05, 4.69) is 20.6 Å². The quantitative estimate of drug-likeness (QED) is 0.806. The molecule has 1 heterocycles. The molecular weight excluding hydrogens is 204 g/mol. The monoisotopic (exact) mass is 222 g/mol. The van der Waals surface area contributed by atoms with Crippen LogP contribution >= 0.6 is 0 Å². The molecule has 16 heavy (non-hydrogen) atoms. The molecule has 0 saturated carbocycles. The van der Waals surface area contributed by atoms with Crippen molar-refractivity contribution >= 4 is 11.7 Å². The van der Waals surface area contributed by atoms with E-state index in [9.17, 15) is 4.79 Å².